The van der Waals surface area contributed by atoms with Crippen LogP contribution in [0, 0.1) is 16.6 Å². The Hall–Kier alpha value is -0.720. The normalized spacial score (nSPS) is 20.5. The summed E-state index contributed by atoms with van der Waals surface area (Å²) in [7, 11) is 0. The van der Waals surface area contributed by atoms with E-state index in [0.717, 1.165) is 55.0 Å². The van der Waals surface area contributed by atoms with Crippen molar-refractivity contribution in [3.8, 4) is 0 Å². The summed E-state index contributed by atoms with van der Waals surface area (Å²) in [6, 6.07) is 0.472. The van der Waals surface area contributed by atoms with E-state index in [2.05, 4.69) is 28.4 Å². The van der Waals surface area contributed by atoms with Crippen molar-refractivity contribution in [1.82, 2.24) is 19.2 Å². The topological polar surface area (TPSA) is 46.2 Å². The first kappa shape index (κ1) is 17.1. The molecule has 2 heterocycles. The summed E-state index contributed by atoms with van der Waals surface area (Å²) in [5, 5.41) is 14.1. The lowest BCUT2D eigenvalue weighted by molar-refractivity contribution is 0.133. The molecule has 5 nitrogen and oxygen atoms in total. The molecule has 3 rings (SSSR count). The summed E-state index contributed by atoms with van der Waals surface area (Å²) in [5.74, 6) is 2.43. The molecule has 2 fully saturated rings. The minimum Gasteiger partial charge on any atom is -0.388 e. The fourth-order valence-electron chi connectivity index (χ4n) is 3.54. The van der Waals surface area contributed by atoms with E-state index in [1.807, 2.05) is 4.68 Å². The van der Waals surface area contributed by atoms with Gasteiger partial charge in [-0.25, -0.2) is 4.68 Å². The van der Waals surface area contributed by atoms with E-state index in [4.69, 9.17) is 12.2 Å². The summed E-state index contributed by atoms with van der Waals surface area (Å²) in [6.45, 7) is 7.63. The summed E-state index contributed by atoms with van der Waals surface area (Å²) in [6.07, 6.45) is 7.62. The van der Waals surface area contributed by atoms with E-state index in [-0.39, 0.29) is 6.61 Å². The van der Waals surface area contributed by atoms with Gasteiger partial charge in [0.05, 0.1) is 6.67 Å². The smallest absolute Gasteiger partial charge is 0.199 e. The molecule has 1 aliphatic carbocycles. The van der Waals surface area contributed by atoms with Crippen LogP contribution in [0.4, 0.5) is 0 Å². The van der Waals surface area contributed by atoms with Crippen molar-refractivity contribution < 1.29 is 5.11 Å². The average molecular weight is 339 g/mol. The van der Waals surface area contributed by atoms with Crippen LogP contribution in [0.15, 0.2) is 0 Å². The molecule has 0 bridgehead atoms. The molecular weight excluding hydrogens is 308 g/mol. The van der Waals surface area contributed by atoms with Gasteiger partial charge < -0.3 is 5.11 Å². The van der Waals surface area contributed by atoms with Crippen LogP contribution in [0.25, 0.3) is 0 Å². The van der Waals surface area contributed by atoms with Crippen molar-refractivity contribution in [2.45, 2.75) is 71.7 Å². The highest BCUT2D eigenvalue weighted by Gasteiger charge is 2.28. The molecule has 0 radical (unpaired) electrons. The standard InChI is InChI=1S/C17H30N4OS/c1-13(2)3-4-14-7-9-19(10-8-14)12-20-17(23)21(15-5-6-15)16(11-22)18-20/h13-15,22H,3-12H2,1-2H3. The number of rotatable bonds is 7. The molecule has 0 atom stereocenters. The number of aliphatic hydroxyl groups excluding tert-OH is 1. The fraction of sp³-hybridized carbons (Fsp3) is 0.882. The first-order chi connectivity index (χ1) is 11.1. The van der Waals surface area contributed by atoms with Gasteiger partial charge >= 0.3 is 0 Å². The second kappa shape index (κ2) is 7.45. The van der Waals surface area contributed by atoms with Crippen molar-refractivity contribution in [2.24, 2.45) is 11.8 Å². The van der Waals surface area contributed by atoms with Gasteiger partial charge in [0.25, 0.3) is 0 Å². The third-order valence-corrected chi connectivity index (χ3v) is 5.60. The van der Waals surface area contributed by atoms with Crippen LogP contribution in [0.2, 0.25) is 0 Å². The Bertz CT molecular complexity index is 568. The predicted molar refractivity (Wildman–Crippen MR) is 93.6 cm³/mol. The lowest BCUT2D eigenvalue weighted by atomic mass is 9.90. The van der Waals surface area contributed by atoms with Crippen LogP contribution in [0.3, 0.4) is 0 Å². The number of hydrogen-bond donors (Lipinski definition) is 1. The number of hydrogen-bond acceptors (Lipinski definition) is 4. The monoisotopic (exact) mass is 338 g/mol. The van der Waals surface area contributed by atoms with Gasteiger partial charge in [0.1, 0.15) is 6.61 Å². The van der Waals surface area contributed by atoms with E-state index < -0.39 is 0 Å². The Morgan fingerprint density at radius 3 is 2.48 bits per heavy atom. The van der Waals surface area contributed by atoms with Crippen molar-refractivity contribution in [2.75, 3.05) is 13.1 Å². The van der Waals surface area contributed by atoms with Gasteiger partial charge in [-0.05, 0) is 49.7 Å². The van der Waals surface area contributed by atoms with Crippen LogP contribution >= 0.6 is 12.2 Å². The first-order valence-electron chi connectivity index (χ1n) is 9.10. The number of nitrogens with zero attached hydrogens (tertiary/aromatic N) is 4. The summed E-state index contributed by atoms with van der Waals surface area (Å²) >= 11 is 5.58. The number of aliphatic hydroxyl groups is 1. The van der Waals surface area contributed by atoms with E-state index in [1.165, 1.54) is 25.7 Å². The molecule has 23 heavy (non-hydrogen) atoms. The maximum absolute atomic E-state index is 9.52. The second-order valence-corrected chi connectivity index (χ2v) is 8.00. The average Bonchev–Trinajstić information content (AvgIpc) is 3.32. The van der Waals surface area contributed by atoms with Crippen LogP contribution in [0.5, 0.6) is 0 Å². The molecule has 130 valence electrons. The Morgan fingerprint density at radius 1 is 1.22 bits per heavy atom. The Kier molecular flexibility index (Phi) is 5.54. The van der Waals surface area contributed by atoms with Gasteiger partial charge in [-0.1, -0.05) is 26.7 Å². The Balaban J connectivity index is 1.56. The summed E-state index contributed by atoms with van der Waals surface area (Å²) in [5.41, 5.74) is 0. The third-order valence-electron chi connectivity index (χ3n) is 5.19. The van der Waals surface area contributed by atoms with Gasteiger partial charge in [-0.2, -0.15) is 5.10 Å². The Morgan fingerprint density at radius 2 is 1.91 bits per heavy atom. The van der Waals surface area contributed by atoms with Gasteiger partial charge in [-0.3, -0.25) is 9.47 Å². The SMILES string of the molecule is CC(C)CCC1CCN(Cn2nc(CO)n(C3CC3)c2=S)CC1. The fourth-order valence-corrected chi connectivity index (χ4v) is 3.89. The van der Waals surface area contributed by atoms with Gasteiger partial charge in [0.2, 0.25) is 0 Å². The molecule has 0 spiro atoms. The van der Waals surface area contributed by atoms with Crippen molar-refractivity contribution in [1.29, 1.82) is 0 Å². The molecule has 0 unspecified atom stereocenters. The van der Waals surface area contributed by atoms with Gasteiger partial charge in [0.15, 0.2) is 10.6 Å². The molecule has 2 aliphatic rings. The van der Waals surface area contributed by atoms with Crippen molar-refractivity contribution in [3.05, 3.63) is 10.6 Å². The maximum atomic E-state index is 9.52. The minimum atomic E-state index is -0.0234. The second-order valence-electron chi connectivity index (χ2n) is 7.63. The molecule has 1 saturated heterocycles. The number of likely N-dealkylation sites (tertiary alicyclic amines) is 1. The zero-order valence-corrected chi connectivity index (χ0v) is 15.3. The quantitative estimate of drug-likeness (QED) is 0.775. The third kappa shape index (κ3) is 4.22. The van der Waals surface area contributed by atoms with E-state index >= 15 is 0 Å². The number of aromatic nitrogens is 3. The Labute approximate surface area is 144 Å². The predicted octanol–water partition coefficient (Wildman–Crippen LogP) is 3.35. The van der Waals surface area contributed by atoms with Gasteiger partial charge in [-0.15, -0.1) is 0 Å². The van der Waals surface area contributed by atoms with Crippen LogP contribution in [0.1, 0.15) is 64.2 Å². The zero-order valence-electron chi connectivity index (χ0n) is 14.4. The van der Waals surface area contributed by atoms with Crippen LogP contribution in [-0.2, 0) is 13.3 Å². The largest absolute Gasteiger partial charge is 0.388 e. The molecular formula is C17H30N4OS. The summed E-state index contributed by atoms with van der Waals surface area (Å²) < 4.78 is 4.75. The molecule has 1 saturated carbocycles. The van der Waals surface area contributed by atoms with E-state index in [1.54, 1.807) is 0 Å². The zero-order chi connectivity index (χ0) is 16.4. The lowest BCUT2D eigenvalue weighted by Crippen LogP contribution is -2.35. The van der Waals surface area contributed by atoms with Crippen LogP contribution in [-0.4, -0.2) is 37.4 Å². The lowest BCUT2D eigenvalue weighted by Gasteiger charge is -2.31. The highest BCUT2D eigenvalue weighted by atomic mass is 32.1. The molecule has 1 N–H and O–H groups in total. The molecule has 1 aromatic rings. The van der Waals surface area contributed by atoms with Gasteiger partial charge in [0, 0.05) is 19.1 Å². The highest BCUT2D eigenvalue weighted by Crippen LogP contribution is 2.36. The van der Waals surface area contributed by atoms with Crippen molar-refractivity contribution in [3.63, 3.8) is 0 Å². The molecule has 1 aromatic heterocycles. The van der Waals surface area contributed by atoms with Crippen molar-refractivity contribution >= 4 is 12.2 Å². The van der Waals surface area contributed by atoms with E-state index in [0.29, 0.717) is 6.04 Å². The minimum absolute atomic E-state index is 0.0234. The number of piperidine rings is 1. The molecule has 1 aliphatic heterocycles. The van der Waals surface area contributed by atoms with Crippen LogP contribution < -0.4 is 0 Å². The maximum Gasteiger partial charge on any atom is 0.199 e. The molecule has 0 amide bonds. The highest BCUT2D eigenvalue weighted by molar-refractivity contribution is 7.71. The van der Waals surface area contributed by atoms with E-state index in [9.17, 15) is 5.11 Å². The molecule has 0 aromatic carbocycles. The summed E-state index contributed by atoms with van der Waals surface area (Å²) in [4.78, 5) is 2.45. The first-order valence-corrected chi connectivity index (χ1v) is 9.50. The molecule has 6 heteroatoms.